The number of hydrogen-bond donors (Lipinski definition) is 1. The summed E-state index contributed by atoms with van der Waals surface area (Å²) < 4.78 is 12.9. The van der Waals surface area contributed by atoms with E-state index in [9.17, 15) is 19.3 Å². The third kappa shape index (κ3) is 2.88. The third-order valence-electron chi connectivity index (χ3n) is 1.55. The Balaban J connectivity index is 2.97. The van der Waals surface area contributed by atoms with Gasteiger partial charge in [-0.25, -0.2) is 0 Å². The number of hydrogen-bond acceptors (Lipinski definition) is 3. The Morgan fingerprint density at radius 2 is 2.27 bits per heavy atom. The van der Waals surface area contributed by atoms with Gasteiger partial charge in [-0.3, -0.25) is 14.9 Å². The van der Waals surface area contributed by atoms with Crippen LogP contribution in [0.2, 0.25) is 0 Å². The summed E-state index contributed by atoms with van der Waals surface area (Å²) in [6.45, 7) is 0. The number of nitrogens with one attached hydrogen (secondary N) is 1. The minimum atomic E-state index is -0.955. The van der Waals surface area contributed by atoms with Gasteiger partial charge in [0.25, 0.3) is 0 Å². The SMILES string of the molecule is O=C(CCl)Nc1ccc(F)c([N+](=O)[O-])c1. The molecule has 0 radical (unpaired) electrons. The molecule has 0 aliphatic rings. The second kappa shape index (κ2) is 4.70. The molecule has 0 unspecified atom stereocenters. The Morgan fingerprint density at radius 3 is 2.80 bits per heavy atom. The number of alkyl halides is 1. The molecule has 15 heavy (non-hydrogen) atoms. The molecular formula is C8H6ClFN2O3. The van der Waals surface area contributed by atoms with Crippen LogP contribution in [-0.2, 0) is 4.79 Å². The van der Waals surface area contributed by atoms with Crippen LogP contribution in [0.3, 0.4) is 0 Å². The molecule has 0 heterocycles. The number of benzene rings is 1. The summed E-state index contributed by atoms with van der Waals surface area (Å²) in [7, 11) is 0. The van der Waals surface area contributed by atoms with E-state index in [4.69, 9.17) is 11.6 Å². The van der Waals surface area contributed by atoms with Crippen molar-refractivity contribution in [3.8, 4) is 0 Å². The van der Waals surface area contributed by atoms with Crippen molar-refractivity contribution in [2.75, 3.05) is 11.2 Å². The summed E-state index contributed by atoms with van der Waals surface area (Å²) >= 11 is 5.22. The number of carbonyl (C=O) groups excluding carboxylic acids is 1. The topological polar surface area (TPSA) is 72.2 Å². The van der Waals surface area contributed by atoms with Crippen LogP contribution in [0.25, 0.3) is 0 Å². The molecule has 0 saturated carbocycles. The molecule has 1 aromatic carbocycles. The Morgan fingerprint density at radius 1 is 1.60 bits per heavy atom. The monoisotopic (exact) mass is 232 g/mol. The van der Waals surface area contributed by atoms with Gasteiger partial charge in [0.15, 0.2) is 0 Å². The van der Waals surface area contributed by atoms with Crippen LogP contribution < -0.4 is 5.32 Å². The molecule has 0 atom stereocenters. The standard InChI is InChI=1S/C8H6ClFN2O3/c9-4-8(13)11-5-1-2-6(10)7(3-5)12(14)15/h1-3H,4H2,(H,11,13). The first-order valence-electron chi connectivity index (χ1n) is 3.84. The van der Waals surface area contributed by atoms with Crippen molar-refractivity contribution in [2.24, 2.45) is 0 Å². The minimum Gasteiger partial charge on any atom is -0.325 e. The summed E-state index contributed by atoms with van der Waals surface area (Å²) in [4.78, 5) is 20.3. The van der Waals surface area contributed by atoms with Crippen molar-refractivity contribution in [1.82, 2.24) is 0 Å². The zero-order valence-corrected chi connectivity index (χ0v) is 8.12. The van der Waals surface area contributed by atoms with E-state index in [1.165, 1.54) is 6.07 Å². The largest absolute Gasteiger partial charge is 0.325 e. The number of amides is 1. The van der Waals surface area contributed by atoms with Crippen LogP contribution in [0.1, 0.15) is 0 Å². The smallest absolute Gasteiger partial charge is 0.306 e. The molecule has 1 N–H and O–H groups in total. The van der Waals surface area contributed by atoms with E-state index >= 15 is 0 Å². The van der Waals surface area contributed by atoms with Crippen molar-refractivity contribution in [2.45, 2.75) is 0 Å². The first-order chi connectivity index (χ1) is 7.04. The highest BCUT2D eigenvalue weighted by Gasteiger charge is 2.14. The first kappa shape index (κ1) is 11.4. The van der Waals surface area contributed by atoms with Gasteiger partial charge in [0.05, 0.1) is 4.92 Å². The van der Waals surface area contributed by atoms with Gasteiger partial charge in [0.1, 0.15) is 5.88 Å². The molecule has 0 saturated heterocycles. The predicted octanol–water partition coefficient (Wildman–Crippen LogP) is 1.91. The Bertz CT molecular complexity index is 411. The third-order valence-corrected chi connectivity index (χ3v) is 1.79. The van der Waals surface area contributed by atoms with Crippen LogP contribution in [0, 0.1) is 15.9 Å². The summed E-state index contributed by atoms with van der Waals surface area (Å²) in [6.07, 6.45) is 0. The first-order valence-corrected chi connectivity index (χ1v) is 4.38. The van der Waals surface area contributed by atoms with Crippen molar-refractivity contribution >= 4 is 28.9 Å². The molecule has 1 rings (SSSR count). The lowest BCUT2D eigenvalue weighted by Gasteiger charge is -2.02. The number of nitro benzene ring substituents is 1. The molecule has 0 aliphatic carbocycles. The van der Waals surface area contributed by atoms with E-state index in [1.54, 1.807) is 0 Å². The van der Waals surface area contributed by atoms with Gasteiger partial charge in [0.2, 0.25) is 11.7 Å². The molecule has 80 valence electrons. The van der Waals surface area contributed by atoms with E-state index in [1.807, 2.05) is 0 Å². The van der Waals surface area contributed by atoms with E-state index in [0.717, 1.165) is 12.1 Å². The van der Waals surface area contributed by atoms with Crippen molar-refractivity contribution in [3.05, 3.63) is 34.1 Å². The van der Waals surface area contributed by atoms with Crippen molar-refractivity contribution in [1.29, 1.82) is 0 Å². The average Bonchev–Trinajstić information content (AvgIpc) is 2.20. The number of nitrogens with zero attached hydrogens (tertiary/aromatic N) is 1. The number of anilines is 1. The summed E-state index contributed by atoms with van der Waals surface area (Å²) in [5, 5.41) is 12.6. The number of carbonyl (C=O) groups is 1. The maximum absolute atomic E-state index is 12.9. The lowest BCUT2D eigenvalue weighted by Crippen LogP contribution is -2.12. The van der Waals surface area contributed by atoms with Gasteiger partial charge in [-0.1, -0.05) is 0 Å². The van der Waals surface area contributed by atoms with Crippen LogP contribution >= 0.6 is 11.6 Å². The predicted molar refractivity (Wildman–Crippen MR) is 52.4 cm³/mol. The Hall–Kier alpha value is -1.69. The fraction of sp³-hybridized carbons (Fsp3) is 0.125. The van der Waals surface area contributed by atoms with E-state index in [-0.39, 0.29) is 11.6 Å². The fourth-order valence-electron chi connectivity index (χ4n) is 0.925. The summed E-state index contributed by atoms with van der Waals surface area (Å²) in [5.74, 6) is -1.74. The van der Waals surface area contributed by atoms with Gasteiger partial charge in [0, 0.05) is 11.8 Å². The van der Waals surface area contributed by atoms with E-state index in [0.29, 0.717) is 0 Å². The number of rotatable bonds is 3. The number of halogens is 2. The van der Waals surface area contributed by atoms with Gasteiger partial charge >= 0.3 is 5.69 Å². The second-order valence-electron chi connectivity index (χ2n) is 2.61. The maximum atomic E-state index is 12.9. The number of nitro groups is 1. The Labute approximate surface area is 89.0 Å². The van der Waals surface area contributed by atoms with Crippen LogP contribution in [-0.4, -0.2) is 16.7 Å². The van der Waals surface area contributed by atoms with Gasteiger partial charge in [-0.05, 0) is 12.1 Å². The molecular weight excluding hydrogens is 227 g/mol. The summed E-state index contributed by atoms with van der Waals surface area (Å²) in [6, 6.07) is 3.05. The molecule has 0 aromatic heterocycles. The molecule has 0 fully saturated rings. The maximum Gasteiger partial charge on any atom is 0.306 e. The van der Waals surface area contributed by atoms with Crippen LogP contribution in [0.15, 0.2) is 18.2 Å². The lowest BCUT2D eigenvalue weighted by molar-refractivity contribution is -0.387. The molecule has 1 aromatic rings. The van der Waals surface area contributed by atoms with Crippen molar-refractivity contribution < 1.29 is 14.1 Å². The van der Waals surface area contributed by atoms with Gasteiger partial charge < -0.3 is 5.32 Å². The van der Waals surface area contributed by atoms with Gasteiger partial charge in [-0.2, -0.15) is 4.39 Å². The van der Waals surface area contributed by atoms with Gasteiger partial charge in [-0.15, -0.1) is 11.6 Å². The van der Waals surface area contributed by atoms with Crippen molar-refractivity contribution in [3.63, 3.8) is 0 Å². The molecule has 7 heteroatoms. The molecule has 1 amide bonds. The van der Waals surface area contributed by atoms with E-state index < -0.39 is 22.3 Å². The second-order valence-corrected chi connectivity index (χ2v) is 2.87. The molecule has 5 nitrogen and oxygen atoms in total. The molecule has 0 spiro atoms. The summed E-state index contributed by atoms with van der Waals surface area (Å²) in [5.41, 5.74) is -0.559. The zero-order chi connectivity index (χ0) is 11.4. The molecule has 0 aliphatic heterocycles. The minimum absolute atomic E-state index is 0.133. The highest BCUT2D eigenvalue weighted by molar-refractivity contribution is 6.29. The normalized spacial score (nSPS) is 9.73. The average molecular weight is 233 g/mol. The highest BCUT2D eigenvalue weighted by Crippen LogP contribution is 2.21. The quantitative estimate of drug-likeness (QED) is 0.492. The zero-order valence-electron chi connectivity index (χ0n) is 7.37. The highest BCUT2D eigenvalue weighted by atomic mass is 35.5. The van der Waals surface area contributed by atoms with Crippen LogP contribution in [0.5, 0.6) is 0 Å². The molecule has 0 bridgehead atoms. The Kier molecular flexibility index (Phi) is 3.56. The van der Waals surface area contributed by atoms with Crippen LogP contribution in [0.4, 0.5) is 15.8 Å². The fourth-order valence-corrected chi connectivity index (χ4v) is 0.992. The van der Waals surface area contributed by atoms with E-state index in [2.05, 4.69) is 5.32 Å². The lowest BCUT2D eigenvalue weighted by atomic mass is 10.2.